The van der Waals surface area contributed by atoms with E-state index in [1.807, 2.05) is 0 Å². The lowest BCUT2D eigenvalue weighted by atomic mass is 9.40. The highest BCUT2D eigenvalue weighted by Gasteiger charge is 2.66. The molecule has 0 amide bonds. The number of rotatable bonds is 1. The quantitative estimate of drug-likeness (QED) is 0.467. The van der Waals surface area contributed by atoms with Gasteiger partial charge in [0.25, 0.3) is 0 Å². The molecule has 0 aromatic heterocycles. The van der Waals surface area contributed by atoms with Crippen LogP contribution in [-0.2, 0) is 9.53 Å². The lowest BCUT2D eigenvalue weighted by Crippen LogP contribution is -2.60. The maximum absolute atomic E-state index is 11.8. The predicted octanol–water partition coefficient (Wildman–Crippen LogP) is 5.52. The van der Waals surface area contributed by atoms with Crippen LogP contribution in [0.25, 0.3) is 0 Å². The van der Waals surface area contributed by atoms with Crippen LogP contribution >= 0.6 is 0 Å². The number of carbonyl (C=O) groups excluding carboxylic acids is 1. The minimum absolute atomic E-state index is 0.0946. The Balaban J connectivity index is 1.78. The summed E-state index contributed by atoms with van der Waals surface area (Å²) in [4.78, 5) is 11.8. The second-order valence-electron chi connectivity index (χ2n) is 10.4. The van der Waals surface area contributed by atoms with Gasteiger partial charge in [0.2, 0.25) is 0 Å². The van der Waals surface area contributed by atoms with Gasteiger partial charge in [0.15, 0.2) is 0 Å². The molecule has 1 spiro atoms. The minimum Gasteiger partial charge on any atom is -0.462 e. The molecule has 2 nitrogen and oxygen atoms in total. The van der Waals surface area contributed by atoms with E-state index >= 15 is 0 Å². The van der Waals surface area contributed by atoms with Crippen molar-refractivity contribution in [3.8, 4) is 0 Å². The number of hydrogen-bond acceptors (Lipinski definition) is 2. The van der Waals surface area contributed by atoms with E-state index in [4.69, 9.17) is 4.74 Å². The number of allylic oxidation sites excluding steroid dienone is 1. The zero-order chi connectivity index (χ0) is 17.3. The molecule has 4 rings (SSSR count). The number of carbonyl (C=O) groups is 1. The molecule has 4 aliphatic carbocycles. The zero-order valence-electron chi connectivity index (χ0n) is 16.0. The molecule has 0 saturated heterocycles. The van der Waals surface area contributed by atoms with E-state index in [0.29, 0.717) is 28.1 Å². The fraction of sp³-hybridized carbons (Fsp3) is 0.864. The molecule has 24 heavy (non-hydrogen) atoms. The molecule has 4 aliphatic rings. The first-order valence-electron chi connectivity index (χ1n) is 10.0. The van der Waals surface area contributed by atoms with E-state index in [1.165, 1.54) is 50.5 Å². The first-order valence-corrected chi connectivity index (χ1v) is 10.0. The van der Waals surface area contributed by atoms with Gasteiger partial charge in [-0.05, 0) is 73.0 Å². The van der Waals surface area contributed by atoms with Crippen molar-refractivity contribution >= 4 is 5.97 Å². The van der Waals surface area contributed by atoms with E-state index in [2.05, 4.69) is 27.4 Å². The van der Waals surface area contributed by atoms with Gasteiger partial charge in [-0.15, -0.1) is 0 Å². The Morgan fingerprint density at radius 2 is 1.96 bits per heavy atom. The molecule has 6 atom stereocenters. The first-order chi connectivity index (χ1) is 11.2. The van der Waals surface area contributed by atoms with Gasteiger partial charge in [0.05, 0.1) is 0 Å². The summed E-state index contributed by atoms with van der Waals surface area (Å²) in [7, 11) is 0. The van der Waals surface area contributed by atoms with Crippen molar-refractivity contribution in [1.82, 2.24) is 0 Å². The Hall–Kier alpha value is -0.790. The monoisotopic (exact) mass is 330 g/mol. The Labute approximate surface area is 147 Å². The SMILES string of the molecule is C=C1C[C@]23CC[C@H]4C(C)(C)CCC[C@@]4(C)[C@@H]2[C@H](OC(C)=O)C[C@H]1C3. The Morgan fingerprint density at radius 3 is 2.67 bits per heavy atom. The fourth-order valence-corrected chi connectivity index (χ4v) is 8.09. The molecule has 0 N–H and O–H groups in total. The van der Waals surface area contributed by atoms with Gasteiger partial charge in [-0.2, -0.15) is 0 Å². The summed E-state index contributed by atoms with van der Waals surface area (Å²) >= 11 is 0. The maximum atomic E-state index is 11.8. The van der Waals surface area contributed by atoms with Gasteiger partial charge in [-0.1, -0.05) is 39.3 Å². The second-order valence-corrected chi connectivity index (χ2v) is 10.4. The van der Waals surface area contributed by atoms with E-state index < -0.39 is 0 Å². The van der Waals surface area contributed by atoms with Gasteiger partial charge in [0.1, 0.15) is 6.10 Å². The van der Waals surface area contributed by atoms with Crippen LogP contribution in [0.2, 0.25) is 0 Å². The van der Waals surface area contributed by atoms with Gasteiger partial charge < -0.3 is 4.74 Å². The summed E-state index contributed by atoms with van der Waals surface area (Å²) in [5, 5.41) is 0. The molecular formula is C22H34O2. The molecule has 0 radical (unpaired) electrons. The highest BCUT2D eigenvalue weighted by atomic mass is 16.5. The van der Waals surface area contributed by atoms with Crippen molar-refractivity contribution in [2.45, 2.75) is 85.2 Å². The van der Waals surface area contributed by atoms with Crippen molar-refractivity contribution in [2.75, 3.05) is 0 Å². The Morgan fingerprint density at radius 1 is 1.21 bits per heavy atom. The lowest BCUT2D eigenvalue weighted by molar-refractivity contribution is -0.200. The van der Waals surface area contributed by atoms with E-state index in [-0.39, 0.29) is 12.1 Å². The van der Waals surface area contributed by atoms with Crippen molar-refractivity contribution in [2.24, 2.45) is 34.0 Å². The molecule has 0 heterocycles. The summed E-state index contributed by atoms with van der Waals surface area (Å²) < 4.78 is 5.99. The number of esters is 1. The van der Waals surface area contributed by atoms with Crippen molar-refractivity contribution in [3.05, 3.63) is 12.2 Å². The lowest BCUT2D eigenvalue weighted by Gasteiger charge is -2.65. The summed E-state index contributed by atoms with van der Waals surface area (Å²) in [6.07, 6.45) is 10.3. The molecule has 4 fully saturated rings. The largest absolute Gasteiger partial charge is 0.462 e. The van der Waals surface area contributed by atoms with Crippen molar-refractivity contribution in [1.29, 1.82) is 0 Å². The molecule has 134 valence electrons. The second kappa shape index (κ2) is 5.11. The summed E-state index contributed by atoms with van der Waals surface area (Å²) in [5.41, 5.74) is 2.53. The third-order valence-corrected chi connectivity index (χ3v) is 8.59. The third kappa shape index (κ3) is 2.17. The zero-order valence-corrected chi connectivity index (χ0v) is 16.0. The number of fused-ring (bicyclic) bond motifs is 3. The molecular weight excluding hydrogens is 296 g/mol. The molecule has 0 aromatic rings. The van der Waals surface area contributed by atoms with Gasteiger partial charge in [-0.3, -0.25) is 4.79 Å². The average Bonchev–Trinajstić information content (AvgIpc) is 2.67. The Bertz CT molecular complexity index is 577. The Kier molecular flexibility index (Phi) is 3.55. The maximum Gasteiger partial charge on any atom is 0.302 e. The van der Waals surface area contributed by atoms with Crippen LogP contribution in [0.5, 0.6) is 0 Å². The number of hydrogen-bond donors (Lipinski definition) is 0. The first kappa shape index (κ1) is 16.7. The van der Waals surface area contributed by atoms with Crippen LogP contribution in [0.4, 0.5) is 0 Å². The summed E-state index contributed by atoms with van der Waals surface area (Å²) in [6, 6.07) is 0. The van der Waals surface area contributed by atoms with E-state index in [1.54, 1.807) is 6.92 Å². The van der Waals surface area contributed by atoms with Crippen LogP contribution in [0.15, 0.2) is 12.2 Å². The topological polar surface area (TPSA) is 26.3 Å². The van der Waals surface area contributed by atoms with Crippen LogP contribution in [0, 0.1) is 34.0 Å². The molecule has 2 bridgehead atoms. The highest BCUT2D eigenvalue weighted by molar-refractivity contribution is 5.66. The highest BCUT2D eigenvalue weighted by Crippen LogP contribution is 2.72. The van der Waals surface area contributed by atoms with Crippen molar-refractivity contribution < 1.29 is 9.53 Å². The molecule has 0 unspecified atom stereocenters. The normalized spacial score (nSPS) is 49.2. The van der Waals surface area contributed by atoms with Gasteiger partial charge in [-0.25, -0.2) is 0 Å². The van der Waals surface area contributed by atoms with Crippen LogP contribution in [0.1, 0.15) is 79.1 Å². The molecule has 0 aliphatic heterocycles. The third-order valence-electron chi connectivity index (χ3n) is 8.59. The van der Waals surface area contributed by atoms with Crippen molar-refractivity contribution in [3.63, 3.8) is 0 Å². The van der Waals surface area contributed by atoms with Gasteiger partial charge in [0, 0.05) is 12.8 Å². The summed E-state index contributed by atoms with van der Waals surface area (Å²) in [5.74, 6) is 1.78. The standard InChI is InChI=1S/C22H34O2/c1-14-12-22-10-7-18-20(3,4)8-6-9-21(18,5)19(22)17(24-15(2)23)11-16(14)13-22/h16-19H,1,6-13H2,2-5H3/t16-,17+,18-,19-,21+,22-/m0/s1. The summed E-state index contributed by atoms with van der Waals surface area (Å²) in [6.45, 7) is 13.5. The number of ether oxygens (including phenoxy) is 1. The average molecular weight is 331 g/mol. The van der Waals surface area contributed by atoms with Gasteiger partial charge >= 0.3 is 5.97 Å². The predicted molar refractivity (Wildman–Crippen MR) is 96.4 cm³/mol. The molecule has 4 saturated carbocycles. The van der Waals surface area contributed by atoms with Crippen LogP contribution in [0.3, 0.4) is 0 Å². The molecule has 2 heteroatoms. The minimum atomic E-state index is -0.0946. The smallest absolute Gasteiger partial charge is 0.302 e. The molecule has 0 aromatic carbocycles. The van der Waals surface area contributed by atoms with E-state index in [9.17, 15) is 4.79 Å². The van der Waals surface area contributed by atoms with Crippen LogP contribution < -0.4 is 0 Å². The fourth-order valence-electron chi connectivity index (χ4n) is 8.09. The van der Waals surface area contributed by atoms with E-state index in [0.717, 1.165) is 12.3 Å². The van der Waals surface area contributed by atoms with Crippen LogP contribution in [-0.4, -0.2) is 12.1 Å².